The van der Waals surface area contributed by atoms with Gasteiger partial charge in [0.25, 0.3) is 5.56 Å². The molecule has 0 aliphatic carbocycles. The van der Waals surface area contributed by atoms with Gasteiger partial charge in [-0.15, -0.1) is 0 Å². The van der Waals surface area contributed by atoms with Gasteiger partial charge in [0, 0.05) is 10.2 Å². The maximum Gasteiger partial charge on any atom is 0.278 e. The first-order valence-electron chi connectivity index (χ1n) is 10.4. The van der Waals surface area contributed by atoms with E-state index >= 15 is 0 Å². The van der Waals surface area contributed by atoms with Crippen LogP contribution in [0.25, 0.3) is 16.6 Å². The summed E-state index contributed by atoms with van der Waals surface area (Å²) in [6, 6.07) is 14.5. The van der Waals surface area contributed by atoms with E-state index in [0.717, 1.165) is 15.7 Å². The summed E-state index contributed by atoms with van der Waals surface area (Å²) in [5, 5.41) is 12.5. The monoisotopic (exact) mass is 493 g/mol. The number of anilines is 1. The van der Waals surface area contributed by atoms with Gasteiger partial charge in [0.2, 0.25) is 5.91 Å². The van der Waals surface area contributed by atoms with Crippen molar-refractivity contribution in [2.24, 2.45) is 0 Å². The number of fused-ring (bicyclic) bond motifs is 1. The summed E-state index contributed by atoms with van der Waals surface area (Å²) >= 11 is 3.46. The topological polar surface area (TPSA) is 81.8 Å². The normalized spacial score (nSPS) is 12.2. The Hall–Kier alpha value is -3.26. The molecule has 0 unspecified atom stereocenters. The van der Waals surface area contributed by atoms with E-state index < -0.39 is 6.04 Å². The predicted molar refractivity (Wildman–Crippen MR) is 129 cm³/mol. The average molecular weight is 494 g/mol. The van der Waals surface area contributed by atoms with Gasteiger partial charge >= 0.3 is 0 Å². The molecule has 8 heteroatoms. The second kappa shape index (κ2) is 8.70. The Balaban J connectivity index is 1.78. The number of aryl methyl sites for hydroxylation is 3. The lowest BCUT2D eigenvalue weighted by molar-refractivity contribution is -0.119. The zero-order valence-electron chi connectivity index (χ0n) is 18.4. The van der Waals surface area contributed by atoms with Gasteiger partial charge in [0.05, 0.1) is 22.5 Å². The van der Waals surface area contributed by atoms with E-state index in [1.165, 1.54) is 4.68 Å². The summed E-state index contributed by atoms with van der Waals surface area (Å²) in [5.41, 5.74) is 4.09. The molecule has 0 spiro atoms. The van der Waals surface area contributed by atoms with Crippen molar-refractivity contribution >= 4 is 38.4 Å². The van der Waals surface area contributed by atoms with Crippen molar-refractivity contribution < 1.29 is 4.79 Å². The number of benzene rings is 2. The summed E-state index contributed by atoms with van der Waals surface area (Å²) in [6.45, 7) is 7.49. The highest BCUT2D eigenvalue weighted by molar-refractivity contribution is 9.10. The number of halogens is 1. The molecule has 7 nitrogen and oxygen atoms in total. The van der Waals surface area contributed by atoms with E-state index in [9.17, 15) is 9.59 Å². The molecule has 4 aromatic rings. The Bertz CT molecular complexity index is 1370. The van der Waals surface area contributed by atoms with Crippen molar-refractivity contribution in [2.75, 3.05) is 5.32 Å². The lowest BCUT2D eigenvalue weighted by Crippen LogP contribution is -2.35. The highest BCUT2D eigenvalue weighted by Gasteiger charge is 2.25. The highest BCUT2D eigenvalue weighted by Crippen LogP contribution is 2.23. The smallest absolute Gasteiger partial charge is 0.278 e. The number of aromatic nitrogens is 4. The number of carbonyl (C=O) groups excluding carboxylic acids is 1. The van der Waals surface area contributed by atoms with Crippen LogP contribution in [0.3, 0.4) is 0 Å². The van der Waals surface area contributed by atoms with Gasteiger partial charge in [-0.05, 0) is 63.1 Å². The molecule has 0 bridgehead atoms. The van der Waals surface area contributed by atoms with Crippen LogP contribution in [0.2, 0.25) is 0 Å². The third kappa shape index (κ3) is 3.86. The molecule has 1 atom stereocenters. The van der Waals surface area contributed by atoms with Gasteiger partial charge in [-0.3, -0.25) is 9.59 Å². The van der Waals surface area contributed by atoms with Crippen LogP contribution in [0, 0.1) is 20.8 Å². The van der Waals surface area contributed by atoms with Gasteiger partial charge < -0.3 is 5.32 Å². The van der Waals surface area contributed by atoms with E-state index in [1.807, 2.05) is 76.2 Å². The molecular formula is C24H24BrN5O2. The van der Waals surface area contributed by atoms with Crippen molar-refractivity contribution in [3.8, 4) is 5.69 Å². The van der Waals surface area contributed by atoms with Crippen LogP contribution in [-0.4, -0.2) is 25.5 Å². The molecule has 164 valence electrons. The van der Waals surface area contributed by atoms with Gasteiger partial charge in [-0.2, -0.15) is 10.2 Å². The molecule has 32 heavy (non-hydrogen) atoms. The number of hydrogen-bond acceptors (Lipinski definition) is 4. The quantitative estimate of drug-likeness (QED) is 0.430. The first kappa shape index (κ1) is 22.0. The number of hydrogen-bond donors (Lipinski definition) is 1. The molecule has 1 amide bonds. The third-order valence-corrected chi connectivity index (χ3v) is 6.44. The molecule has 2 aromatic carbocycles. The summed E-state index contributed by atoms with van der Waals surface area (Å²) in [5.74, 6) is -0.282. The average Bonchev–Trinajstić information content (AvgIpc) is 3.13. The Labute approximate surface area is 194 Å². The summed E-state index contributed by atoms with van der Waals surface area (Å²) < 4.78 is 4.01. The van der Waals surface area contributed by atoms with Crippen molar-refractivity contribution in [1.82, 2.24) is 19.6 Å². The third-order valence-electron chi connectivity index (χ3n) is 5.55. The van der Waals surface area contributed by atoms with E-state index in [0.29, 0.717) is 34.4 Å². The second-order valence-electron chi connectivity index (χ2n) is 7.77. The van der Waals surface area contributed by atoms with Crippen LogP contribution in [0.4, 0.5) is 5.69 Å². The van der Waals surface area contributed by atoms with E-state index in [-0.39, 0.29) is 11.5 Å². The zero-order valence-corrected chi connectivity index (χ0v) is 20.0. The molecule has 0 radical (unpaired) electrons. The Morgan fingerprint density at radius 2 is 1.81 bits per heavy atom. The molecule has 0 saturated carbocycles. The number of nitrogens with zero attached hydrogens (tertiary/aromatic N) is 4. The maximum absolute atomic E-state index is 13.5. The first-order chi connectivity index (χ1) is 15.3. The van der Waals surface area contributed by atoms with Crippen molar-refractivity contribution in [1.29, 1.82) is 0 Å². The lowest BCUT2D eigenvalue weighted by atomic mass is 10.1. The molecule has 2 aromatic heterocycles. The van der Waals surface area contributed by atoms with E-state index in [2.05, 4.69) is 31.4 Å². The van der Waals surface area contributed by atoms with Crippen LogP contribution in [0.1, 0.15) is 36.3 Å². The minimum absolute atomic E-state index is 0.282. The fourth-order valence-electron chi connectivity index (χ4n) is 3.83. The standard InChI is InChI=1S/C24H24BrN5O2/c1-5-20(23(31)26-17-11-12-19(25)14(2)13-17)30-24(32)21-16(4)29(18-9-7-6-8-10-18)28-22(21)15(3)27-30/h6-13,20H,5H2,1-4H3,(H,26,31)/t20-/m0/s1. The highest BCUT2D eigenvalue weighted by atomic mass is 79.9. The predicted octanol–water partition coefficient (Wildman–Crippen LogP) is 4.86. The molecule has 0 aliphatic rings. The number of nitrogens with one attached hydrogen (secondary N) is 1. The number of carbonyl (C=O) groups is 1. The lowest BCUT2D eigenvalue weighted by Gasteiger charge is -2.18. The minimum atomic E-state index is -0.742. The van der Waals surface area contributed by atoms with Crippen LogP contribution in [-0.2, 0) is 4.79 Å². The van der Waals surface area contributed by atoms with Gasteiger partial charge in [0.15, 0.2) is 0 Å². The molecule has 0 aliphatic heterocycles. The number of para-hydroxylation sites is 1. The molecule has 4 rings (SSSR count). The molecule has 0 fully saturated rings. The molecular weight excluding hydrogens is 470 g/mol. The summed E-state index contributed by atoms with van der Waals surface area (Å²) in [6.07, 6.45) is 0.422. The number of amides is 1. The Morgan fingerprint density at radius 1 is 1.09 bits per heavy atom. The van der Waals surface area contributed by atoms with Gasteiger partial charge in [0.1, 0.15) is 11.6 Å². The first-order valence-corrected chi connectivity index (χ1v) is 11.2. The fourth-order valence-corrected chi connectivity index (χ4v) is 4.08. The minimum Gasteiger partial charge on any atom is -0.324 e. The van der Waals surface area contributed by atoms with Crippen LogP contribution in [0.15, 0.2) is 57.8 Å². The van der Waals surface area contributed by atoms with Gasteiger partial charge in [-0.25, -0.2) is 9.36 Å². The zero-order chi connectivity index (χ0) is 23.0. The van der Waals surface area contributed by atoms with Crippen molar-refractivity contribution in [3.05, 3.63) is 80.3 Å². The van der Waals surface area contributed by atoms with E-state index in [1.54, 1.807) is 4.68 Å². The summed E-state index contributed by atoms with van der Waals surface area (Å²) in [4.78, 5) is 26.6. The largest absolute Gasteiger partial charge is 0.324 e. The fraction of sp³-hybridized carbons (Fsp3) is 0.250. The van der Waals surface area contributed by atoms with Crippen molar-refractivity contribution in [3.63, 3.8) is 0 Å². The second-order valence-corrected chi connectivity index (χ2v) is 8.62. The van der Waals surface area contributed by atoms with E-state index in [4.69, 9.17) is 0 Å². The molecule has 0 saturated heterocycles. The molecule has 1 N–H and O–H groups in total. The van der Waals surface area contributed by atoms with Crippen LogP contribution >= 0.6 is 15.9 Å². The van der Waals surface area contributed by atoms with Crippen LogP contribution < -0.4 is 10.9 Å². The SMILES string of the molecule is CC[C@@H](C(=O)Nc1ccc(Br)c(C)c1)n1nc(C)c2nn(-c3ccccc3)c(C)c2c1=O. The maximum atomic E-state index is 13.5. The van der Waals surface area contributed by atoms with Crippen molar-refractivity contribution in [2.45, 2.75) is 40.2 Å². The van der Waals surface area contributed by atoms with Crippen LogP contribution in [0.5, 0.6) is 0 Å². The molecule has 2 heterocycles. The summed E-state index contributed by atoms with van der Waals surface area (Å²) in [7, 11) is 0. The van der Waals surface area contributed by atoms with Gasteiger partial charge in [-0.1, -0.05) is 41.1 Å². The Kier molecular flexibility index (Phi) is 5.97. The Morgan fingerprint density at radius 3 is 2.47 bits per heavy atom. The number of rotatable bonds is 5.